The van der Waals surface area contributed by atoms with Crippen LogP contribution in [-0.2, 0) is 9.59 Å². The van der Waals surface area contributed by atoms with Gasteiger partial charge in [-0.2, -0.15) is 8.78 Å². The second-order valence-corrected chi connectivity index (χ2v) is 10.6. The number of hydrogen-bond acceptors (Lipinski definition) is 3. The first-order valence-electron chi connectivity index (χ1n) is 9.65. The van der Waals surface area contributed by atoms with E-state index >= 15 is 0 Å². The van der Waals surface area contributed by atoms with E-state index in [0.29, 0.717) is 0 Å². The highest BCUT2D eigenvalue weighted by Crippen LogP contribution is 2.62. The molecule has 1 rings (SSSR count). The lowest BCUT2D eigenvalue weighted by atomic mass is 9.44. The molecular formula is C20H34ClF2NO4. The van der Waals surface area contributed by atoms with Gasteiger partial charge in [0.05, 0.1) is 10.8 Å². The van der Waals surface area contributed by atoms with E-state index < -0.39 is 51.6 Å². The minimum atomic E-state index is -3.86. The maximum atomic E-state index is 14.5. The summed E-state index contributed by atoms with van der Waals surface area (Å²) in [6, 6.07) is -2.80. The van der Waals surface area contributed by atoms with Gasteiger partial charge in [-0.25, -0.2) is 0 Å². The Morgan fingerprint density at radius 2 is 1.57 bits per heavy atom. The second kappa shape index (κ2) is 7.71. The van der Waals surface area contributed by atoms with Gasteiger partial charge in [0.15, 0.2) is 0 Å². The molecule has 0 aliphatic carbocycles. The highest BCUT2D eigenvalue weighted by molar-refractivity contribution is 6.22. The standard InChI is InChI=1S/C20H34ClF2NO4/c1-10(2)9-12-18(8,15(25)26)14(20(21,22)23)24-13(11(3)4)19(12,16(27)28)17(5,6)7/h10-14,24H,9H2,1-8H3,(H,25,26)(H,27,28). The largest absolute Gasteiger partial charge is 0.481 e. The number of carbonyl (C=O) groups is 2. The molecule has 3 N–H and O–H groups in total. The van der Waals surface area contributed by atoms with Gasteiger partial charge in [0.2, 0.25) is 0 Å². The Kier molecular flexibility index (Phi) is 6.91. The van der Waals surface area contributed by atoms with Gasteiger partial charge in [-0.15, -0.1) is 0 Å². The Hall–Kier alpha value is -0.950. The van der Waals surface area contributed by atoms with Gasteiger partial charge in [-0.3, -0.25) is 9.59 Å². The Morgan fingerprint density at radius 1 is 1.11 bits per heavy atom. The number of aliphatic carboxylic acids is 2. The second-order valence-electron chi connectivity index (χ2n) is 10.1. The molecule has 0 saturated carbocycles. The lowest BCUT2D eigenvalue weighted by Crippen LogP contribution is -2.77. The fourth-order valence-corrected chi connectivity index (χ4v) is 5.58. The van der Waals surface area contributed by atoms with Gasteiger partial charge in [0, 0.05) is 6.04 Å². The number of carboxylic acids is 2. The van der Waals surface area contributed by atoms with Crippen LogP contribution in [0.4, 0.5) is 8.78 Å². The van der Waals surface area contributed by atoms with E-state index in [1.807, 2.05) is 13.8 Å². The molecule has 1 aliphatic rings. The van der Waals surface area contributed by atoms with Gasteiger partial charge in [0.25, 0.3) is 0 Å². The average Bonchev–Trinajstić information content (AvgIpc) is 2.44. The van der Waals surface area contributed by atoms with E-state index in [1.54, 1.807) is 34.6 Å². The first-order chi connectivity index (χ1) is 12.4. The quantitative estimate of drug-likeness (QED) is 0.537. The zero-order chi connectivity index (χ0) is 22.5. The molecule has 1 aliphatic heterocycles. The maximum Gasteiger partial charge on any atom is 0.337 e. The van der Waals surface area contributed by atoms with E-state index in [0.717, 1.165) is 0 Å². The Balaban J connectivity index is 4.05. The number of halogens is 3. The van der Waals surface area contributed by atoms with Gasteiger partial charge < -0.3 is 15.5 Å². The summed E-state index contributed by atoms with van der Waals surface area (Å²) in [6.45, 7) is 13.6. The average molecular weight is 426 g/mol. The third-order valence-electron chi connectivity index (χ3n) is 6.47. The van der Waals surface area contributed by atoms with Crippen molar-refractivity contribution in [3.05, 3.63) is 0 Å². The number of rotatable bonds is 6. The number of piperidine rings is 1. The molecule has 0 amide bonds. The monoisotopic (exact) mass is 425 g/mol. The topological polar surface area (TPSA) is 86.6 Å². The van der Waals surface area contributed by atoms with E-state index in [9.17, 15) is 28.6 Å². The van der Waals surface area contributed by atoms with Gasteiger partial charge in [-0.1, -0.05) is 48.5 Å². The van der Waals surface area contributed by atoms with Gasteiger partial charge in [0.1, 0.15) is 6.04 Å². The lowest BCUT2D eigenvalue weighted by Gasteiger charge is -2.63. The molecule has 1 saturated heterocycles. The van der Waals surface area contributed by atoms with Crippen molar-refractivity contribution in [3.8, 4) is 0 Å². The van der Waals surface area contributed by atoms with Gasteiger partial charge >= 0.3 is 17.3 Å². The minimum Gasteiger partial charge on any atom is -0.481 e. The number of hydrogen-bond donors (Lipinski definition) is 3. The van der Waals surface area contributed by atoms with E-state index in [4.69, 9.17) is 11.6 Å². The fourth-order valence-electron chi connectivity index (χ4n) is 5.29. The van der Waals surface area contributed by atoms with Crippen molar-refractivity contribution in [2.75, 3.05) is 0 Å². The van der Waals surface area contributed by atoms with Crippen molar-refractivity contribution in [3.63, 3.8) is 0 Å². The molecule has 0 aromatic rings. The summed E-state index contributed by atoms with van der Waals surface area (Å²) in [4.78, 5) is 25.3. The molecule has 0 aromatic heterocycles. The summed E-state index contributed by atoms with van der Waals surface area (Å²) in [7, 11) is 0. The predicted octanol–water partition coefficient (Wildman–Crippen LogP) is 4.68. The summed E-state index contributed by atoms with van der Waals surface area (Å²) in [6.07, 6.45) is 0.167. The molecule has 8 heteroatoms. The Morgan fingerprint density at radius 3 is 1.82 bits per heavy atom. The molecular weight excluding hydrogens is 392 g/mol. The summed E-state index contributed by atoms with van der Waals surface area (Å²) >= 11 is 5.39. The molecule has 28 heavy (non-hydrogen) atoms. The van der Waals surface area contributed by atoms with Crippen LogP contribution < -0.4 is 5.32 Å². The number of nitrogens with one attached hydrogen (secondary N) is 1. The van der Waals surface area contributed by atoms with Crippen LogP contribution in [0.3, 0.4) is 0 Å². The summed E-state index contributed by atoms with van der Waals surface area (Å²) in [5.74, 6) is -4.17. The third-order valence-corrected chi connectivity index (χ3v) is 6.69. The van der Waals surface area contributed by atoms with Crippen molar-refractivity contribution in [1.29, 1.82) is 0 Å². The molecule has 164 valence electrons. The van der Waals surface area contributed by atoms with Crippen LogP contribution in [0.15, 0.2) is 0 Å². The summed E-state index contributed by atoms with van der Waals surface area (Å²) in [5.41, 5.74) is -4.60. The van der Waals surface area contributed by atoms with Crippen molar-refractivity contribution >= 4 is 23.5 Å². The fraction of sp³-hybridized carbons (Fsp3) is 0.900. The van der Waals surface area contributed by atoms with Crippen LogP contribution in [0.25, 0.3) is 0 Å². The van der Waals surface area contributed by atoms with Crippen LogP contribution in [0.2, 0.25) is 0 Å². The minimum absolute atomic E-state index is 0.0970. The van der Waals surface area contributed by atoms with Crippen molar-refractivity contribution in [2.45, 2.75) is 79.3 Å². The summed E-state index contributed by atoms with van der Waals surface area (Å²) in [5, 5.41) is 19.4. The Bertz CT molecular complexity index is 614. The summed E-state index contributed by atoms with van der Waals surface area (Å²) < 4.78 is 28.9. The van der Waals surface area contributed by atoms with Crippen LogP contribution in [0.1, 0.15) is 61.8 Å². The zero-order valence-corrected chi connectivity index (χ0v) is 18.7. The van der Waals surface area contributed by atoms with Crippen LogP contribution in [0, 0.1) is 34.0 Å². The molecule has 0 bridgehead atoms. The molecule has 0 aromatic carbocycles. The smallest absolute Gasteiger partial charge is 0.337 e. The van der Waals surface area contributed by atoms with E-state index in [2.05, 4.69) is 5.32 Å². The number of alkyl halides is 3. The highest BCUT2D eigenvalue weighted by atomic mass is 35.5. The van der Waals surface area contributed by atoms with Crippen molar-refractivity contribution in [2.24, 2.45) is 34.0 Å². The van der Waals surface area contributed by atoms with Crippen molar-refractivity contribution < 1.29 is 28.6 Å². The molecule has 0 radical (unpaired) electrons. The molecule has 5 unspecified atom stereocenters. The first kappa shape index (κ1) is 25.1. The highest BCUT2D eigenvalue weighted by Gasteiger charge is 2.73. The third kappa shape index (κ3) is 3.76. The maximum absolute atomic E-state index is 14.5. The van der Waals surface area contributed by atoms with Crippen LogP contribution in [-0.4, -0.2) is 39.6 Å². The van der Waals surface area contributed by atoms with Gasteiger partial charge in [-0.05, 0) is 48.1 Å². The van der Waals surface area contributed by atoms with Crippen LogP contribution >= 0.6 is 11.6 Å². The molecule has 5 nitrogen and oxygen atoms in total. The van der Waals surface area contributed by atoms with E-state index in [-0.39, 0.29) is 18.3 Å². The molecule has 1 fully saturated rings. The van der Waals surface area contributed by atoms with E-state index in [1.165, 1.54) is 6.92 Å². The number of carboxylic acid groups (broad SMARTS) is 2. The van der Waals surface area contributed by atoms with Crippen LogP contribution in [0.5, 0.6) is 0 Å². The normalized spacial score (nSPS) is 34.7. The molecule has 5 atom stereocenters. The molecule has 1 heterocycles. The predicted molar refractivity (Wildman–Crippen MR) is 105 cm³/mol. The first-order valence-corrected chi connectivity index (χ1v) is 10.0. The van der Waals surface area contributed by atoms with Crippen molar-refractivity contribution in [1.82, 2.24) is 5.32 Å². The lowest BCUT2D eigenvalue weighted by molar-refractivity contribution is -0.212. The SMILES string of the molecule is CC(C)CC1C(C)(C(=O)O)C(C(F)(F)Cl)NC(C(C)C)C1(C(=O)O)C(C)(C)C. The Labute approximate surface area is 171 Å². The molecule has 0 spiro atoms. The zero-order valence-electron chi connectivity index (χ0n) is 17.9.